The number of carbonyl (C=O) groups is 2. The highest BCUT2D eigenvalue weighted by atomic mass is 79.9. The fraction of sp³-hybridized carbons (Fsp3) is 0.391. The number of amides is 2. The number of hydrogen-bond donors (Lipinski definition) is 1. The van der Waals surface area contributed by atoms with Crippen LogP contribution in [0.25, 0.3) is 0 Å². The van der Waals surface area contributed by atoms with E-state index in [2.05, 4.69) is 21.2 Å². The molecule has 2 amide bonds. The minimum Gasteiger partial charge on any atom is -0.495 e. The van der Waals surface area contributed by atoms with Gasteiger partial charge in [-0.1, -0.05) is 47.1 Å². The van der Waals surface area contributed by atoms with Crippen molar-refractivity contribution < 1.29 is 22.7 Å². The molecule has 8 nitrogen and oxygen atoms in total. The molecule has 1 atom stereocenters. The molecule has 0 spiro atoms. The number of nitrogens with zero attached hydrogens (tertiary/aromatic N) is 2. The number of anilines is 1. The van der Waals surface area contributed by atoms with Gasteiger partial charge in [0.15, 0.2) is 0 Å². The van der Waals surface area contributed by atoms with Gasteiger partial charge < -0.3 is 15.0 Å². The molecule has 2 aromatic carbocycles. The lowest BCUT2D eigenvalue weighted by Gasteiger charge is -2.31. The molecular weight excluding hydrogens is 510 g/mol. The monoisotopic (exact) mass is 539 g/mol. The first-order valence-electron chi connectivity index (χ1n) is 10.5. The number of nitrogens with one attached hydrogen (secondary N) is 1. The second kappa shape index (κ2) is 12.0. The van der Waals surface area contributed by atoms with E-state index >= 15 is 0 Å². The summed E-state index contributed by atoms with van der Waals surface area (Å²) in [6.45, 7) is 3.72. The number of methoxy groups -OCH3 is 1. The molecule has 10 heteroatoms. The Morgan fingerprint density at radius 2 is 1.85 bits per heavy atom. The summed E-state index contributed by atoms with van der Waals surface area (Å²) in [6.07, 6.45) is 1.79. The van der Waals surface area contributed by atoms with Crippen molar-refractivity contribution in [2.75, 3.05) is 30.8 Å². The number of ether oxygens (including phenoxy) is 1. The summed E-state index contributed by atoms with van der Waals surface area (Å²) in [7, 11) is -2.39. The average molecular weight is 540 g/mol. The average Bonchev–Trinajstić information content (AvgIpc) is 2.78. The van der Waals surface area contributed by atoms with Crippen molar-refractivity contribution in [3.63, 3.8) is 0 Å². The van der Waals surface area contributed by atoms with Gasteiger partial charge in [0.25, 0.3) is 0 Å². The molecule has 2 aromatic rings. The Hall–Kier alpha value is -2.59. The Bertz CT molecular complexity index is 1080. The third-order valence-corrected chi connectivity index (χ3v) is 6.61. The van der Waals surface area contributed by atoms with Gasteiger partial charge in [0.2, 0.25) is 21.8 Å². The molecule has 0 heterocycles. The molecule has 33 heavy (non-hydrogen) atoms. The summed E-state index contributed by atoms with van der Waals surface area (Å²) < 4.78 is 32.4. The molecule has 180 valence electrons. The largest absolute Gasteiger partial charge is 0.495 e. The molecule has 0 saturated heterocycles. The van der Waals surface area contributed by atoms with E-state index in [1.54, 1.807) is 31.2 Å². The van der Waals surface area contributed by atoms with Gasteiger partial charge in [0.1, 0.15) is 18.3 Å². The molecular formula is C23H30BrN3O5S. The summed E-state index contributed by atoms with van der Waals surface area (Å²) >= 11 is 3.42. The van der Waals surface area contributed by atoms with Crippen LogP contribution in [0.5, 0.6) is 5.75 Å². The minimum absolute atomic E-state index is 0.141. The normalized spacial score (nSPS) is 12.0. The fourth-order valence-electron chi connectivity index (χ4n) is 3.24. The van der Waals surface area contributed by atoms with Gasteiger partial charge in [-0.05, 0) is 43.2 Å². The minimum atomic E-state index is -3.82. The van der Waals surface area contributed by atoms with Crippen LogP contribution in [-0.4, -0.2) is 57.6 Å². The van der Waals surface area contributed by atoms with Crippen LogP contribution < -0.4 is 14.4 Å². The lowest BCUT2D eigenvalue weighted by Crippen LogP contribution is -2.51. The highest BCUT2D eigenvalue weighted by molar-refractivity contribution is 9.10. The Morgan fingerprint density at radius 1 is 1.15 bits per heavy atom. The number of benzene rings is 2. The van der Waals surface area contributed by atoms with Crippen LogP contribution in [0, 0.1) is 0 Å². The number of sulfonamides is 1. The van der Waals surface area contributed by atoms with Crippen LogP contribution in [-0.2, 0) is 26.2 Å². The van der Waals surface area contributed by atoms with Crippen LogP contribution in [0.15, 0.2) is 53.0 Å². The number of carbonyl (C=O) groups excluding carboxylic acids is 2. The van der Waals surface area contributed by atoms with Crippen molar-refractivity contribution in [2.24, 2.45) is 0 Å². The smallest absolute Gasteiger partial charge is 0.244 e. The summed E-state index contributed by atoms with van der Waals surface area (Å²) in [5.41, 5.74) is 1.05. The van der Waals surface area contributed by atoms with E-state index in [-0.39, 0.29) is 18.1 Å². The van der Waals surface area contributed by atoms with Crippen molar-refractivity contribution >= 4 is 43.5 Å². The number of rotatable bonds is 11. The topological polar surface area (TPSA) is 96.0 Å². The van der Waals surface area contributed by atoms with Crippen LogP contribution in [0.2, 0.25) is 0 Å². The van der Waals surface area contributed by atoms with Crippen molar-refractivity contribution in [1.82, 2.24) is 10.2 Å². The van der Waals surface area contributed by atoms with Gasteiger partial charge >= 0.3 is 0 Å². The quantitative estimate of drug-likeness (QED) is 0.473. The van der Waals surface area contributed by atoms with Crippen LogP contribution >= 0.6 is 15.9 Å². The first-order chi connectivity index (χ1) is 15.6. The Kier molecular flexibility index (Phi) is 9.72. The molecule has 0 aliphatic heterocycles. The molecule has 0 aliphatic rings. The van der Waals surface area contributed by atoms with Crippen molar-refractivity contribution in [3.8, 4) is 5.75 Å². The predicted molar refractivity (Wildman–Crippen MR) is 133 cm³/mol. The first-order valence-corrected chi connectivity index (χ1v) is 13.1. The van der Waals surface area contributed by atoms with E-state index in [9.17, 15) is 18.0 Å². The molecule has 0 unspecified atom stereocenters. The molecule has 0 aliphatic carbocycles. The molecule has 0 bridgehead atoms. The third-order valence-electron chi connectivity index (χ3n) is 4.99. The van der Waals surface area contributed by atoms with Gasteiger partial charge in [0.05, 0.1) is 19.1 Å². The van der Waals surface area contributed by atoms with E-state index in [1.165, 1.54) is 12.0 Å². The van der Waals surface area contributed by atoms with E-state index < -0.39 is 28.5 Å². The number of hydrogen-bond acceptors (Lipinski definition) is 5. The summed E-state index contributed by atoms with van der Waals surface area (Å²) in [5, 5.41) is 2.80. The molecule has 1 N–H and O–H groups in total. The second-order valence-electron chi connectivity index (χ2n) is 7.56. The predicted octanol–water partition coefficient (Wildman–Crippen LogP) is 3.17. The fourth-order valence-corrected chi connectivity index (χ4v) is 4.54. The first kappa shape index (κ1) is 26.7. The summed E-state index contributed by atoms with van der Waals surface area (Å²) in [4.78, 5) is 27.6. The molecule has 2 rings (SSSR count). The summed E-state index contributed by atoms with van der Waals surface area (Å²) in [6, 6.07) is 13.2. The highest BCUT2D eigenvalue weighted by Gasteiger charge is 2.31. The maximum atomic E-state index is 13.5. The van der Waals surface area contributed by atoms with Crippen molar-refractivity contribution in [2.45, 2.75) is 32.9 Å². The van der Waals surface area contributed by atoms with E-state index in [0.717, 1.165) is 27.0 Å². The van der Waals surface area contributed by atoms with Gasteiger partial charge in [0, 0.05) is 17.6 Å². The third kappa shape index (κ3) is 7.46. The van der Waals surface area contributed by atoms with Crippen molar-refractivity contribution in [3.05, 3.63) is 58.6 Å². The molecule has 0 radical (unpaired) electrons. The Balaban J connectivity index is 2.41. The molecule has 0 aromatic heterocycles. The lowest BCUT2D eigenvalue weighted by atomic mass is 10.1. The Morgan fingerprint density at radius 3 is 2.45 bits per heavy atom. The van der Waals surface area contributed by atoms with Crippen LogP contribution in [0.4, 0.5) is 5.69 Å². The maximum Gasteiger partial charge on any atom is 0.244 e. The van der Waals surface area contributed by atoms with Crippen molar-refractivity contribution in [1.29, 1.82) is 0 Å². The van der Waals surface area contributed by atoms with Gasteiger partial charge in [-0.25, -0.2) is 8.42 Å². The van der Waals surface area contributed by atoms with E-state index in [4.69, 9.17) is 4.74 Å². The highest BCUT2D eigenvalue weighted by Crippen LogP contribution is 2.29. The van der Waals surface area contributed by atoms with Gasteiger partial charge in [-0.2, -0.15) is 0 Å². The zero-order chi connectivity index (χ0) is 24.6. The van der Waals surface area contributed by atoms with E-state index in [1.807, 2.05) is 31.2 Å². The standard InChI is InChI=1S/C23H30BrN3O5S/c1-5-13-25-23(29)17(2)26(15-18-9-8-10-19(24)14-18)22(28)16-27(33(4,30)31)20-11-6-7-12-21(20)32-3/h6-12,14,17H,5,13,15-16H2,1-4H3,(H,25,29)/t17-/m1/s1. The zero-order valence-corrected chi connectivity index (χ0v) is 21.6. The molecule has 0 saturated carbocycles. The van der Waals surface area contributed by atoms with Gasteiger partial charge in [-0.15, -0.1) is 0 Å². The summed E-state index contributed by atoms with van der Waals surface area (Å²) in [5.74, 6) is -0.489. The lowest BCUT2D eigenvalue weighted by molar-refractivity contribution is -0.139. The zero-order valence-electron chi connectivity index (χ0n) is 19.2. The number of halogens is 1. The molecule has 0 fully saturated rings. The second-order valence-corrected chi connectivity index (χ2v) is 10.4. The van der Waals surface area contributed by atoms with Crippen LogP contribution in [0.1, 0.15) is 25.8 Å². The van der Waals surface area contributed by atoms with Crippen LogP contribution in [0.3, 0.4) is 0 Å². The Labute approximate surface area is 204 Å². The van der Waals surface area contributed by atoms with Gasteiger partial charge in [-0.3, -0.25) is 13.9 Å². The maximum absolute atomic E-state index is 13.5. The SMILES string of the molecule is CCCNC(=O)[C@@H](C)N(Cc1cccc(Br)c1)C(=O)CN(c1ccccc1OC)S(C)(=O)=O. The number of para-hydroxylation sites is 2. The van der Waals surface area contributed by atoms with E-state index in [0.29, 0.717) is 12.3 Å².